The zero-order valence-corrected chi connectivity index (χ0v) is 14.1. The Balaban J connectivity index is 1.91. The Morgan fingerprint density at radius 2 is 2.00 bits per heavy atom. The number of thioether (sulfide) groups is 1. The number of anilines is 2. The molecule has 1 aromatic heterocycles. The van der Waals surface area contributed by atoms with Crippen LogP contribution in [0.25, 0.3) is 0 Å². The van der Waals surface area contributed by atoms with Crippen LogP contribution in [0, 0.1) is 13.8 Å². The maximum atomic E-state index is 11.9. The van der Waals surface area contributed by atoms with Gasteiger partial charge in [-0.15, -0.1) is 10.2 Å². The van der Waals surface area contributed by atoms with Gasteiger partial charge in [0.25, 0.3) is 0 Å². The molecule has 0 fully saturated rings. The largest absolute Gasteiger partial charge is 0.326 e. The van der Waals surface area contributed by atoms with E-state index in [-0.39, 0.29) is 17.6 Å². The maximum Gasteiger partial charge on any atom is 0.234 e. The first-order valence-corrected chi connectivity index (χ1v) is 8.35. The van der Waals surface area contributed by atoms with E-state index in [1.807, 2.05) is 19.9 Å². The van der Waals surface area contributed by atoms with Crippen molar-refractivity contribution in [1.29, 1.82) is 0 Å². The van der Waals surface area contributed by atoms with Gasteiger partial charge in [0, 0.05) is 18.3 Å². The summed E-state index contributed by atoms with van der Waals surface area (Å²) >= 11 is 2.83. The van der Waals surface area contributed by atoms with Crippen LogP contribution in [0.3, 0.4) is 0 Å². The molecule has 1 aromatic carbocycles. The summed E-state index contributed by atoms with van der Waals surface area (Å²) in [7, 11) is 0. The molecule has 0 atom stereocenters. The minimum atomic E-state index is -0.122. The summed E-state index contributed by atoms with van der Waals surface area (Å²) in [5.74, 6) is 0.0503. The first-order chi connectivity index (χ1) is 10.4. The molecule has 0 unspecified atom stereocenters. The monoisotopic (exact) mass is 336 g/mol. The summed E-state index contributed by atoms with van der Waals surface area (Å²) in [5.41, 5.74) is 2.33. The van der Waals surface area contributed by atoms with Crippen LogP contribution in [0.5, 0.6) is 0 Å². The highest BCUT2D eigenvalue weighted by molar-refractivity contribution is 8.01. The van der Waals surface area contributed by atoms with Gasteiger partial charge in [-0.25, -0.2) is 0 Å². The molecule has 2 amide bonds. The van der Waals surface area contributed by atoms with E-state index >= 15 is 0 Å². The SMILES string of the molecule is CC(=O)Nc1ccc(NC(=O)CSc2nnc(C)s2)cc1C. The number of carbonyl (C=O) groups is 2. The minimum Gasteiger partial charge on any atom is -0.326 e. The Morgan fingerprint density at radius 3 is 2.59 bits per heavy atom. The van der Waals surface area contributed by atoms with E-state index in [4.69, 9.17) is 0 Å². The molecular weight excluding hydrogens is 320 g/mol. The molecule has 0 aliphatic carbocycles. The molecule has 22 heavy (non-hydrogen) atoms. The molecule has 6 nitrogen and oxygen atoms in total. The molecule has 0 saturated heterocycles. The number of carbonyl (C=O) groups excluding carboxylic acids is 2. The van der Waals surface area contributed by atoms with Crippen molar-refractivity contribution in [2.75, 3.05) is 16.4 Å². The molecular formula is C14H16N4O2S2. The maximum absolute atomic E-state index is 11.9. The highest BCUT2D eigenvalue weighted by atomic mass is 32.2. The van der Waals surface area contributed by atoms with E-state index in [1.54, 1.807) is 12.1 Å². The fourth-order valence-corrected chi connectivity index (χ4v) is 3.35. The number of hydrogen-bond donors (Lipinski definition) is 2. The smallest absolute Gasteiger partial charge is 0.234 e. The second-order valence-corrected chi connectivity index (χ2v) is 7.04. The number of aryl methyl sites for hydroxylation is 2. The van der Waals surface area contributed by atoms with E-state index in [9.17, 15) is 9.59 Å². The van der Waals surface area contributed by atoms with Gasteiger partial charge in [0.2, 0.25) is 11.8 Å². The van der Waals surface area contributed by atoms with Gasteiger partial charge < -0.3 is 10.6 Å². The van der Waals surface area contributed by atoms with Crippen molar-refractivity contribution in [3.05, 3.63) is 28.8 Å². The molecule has 0 bridgehead atoms. The molecule has 8 heteroatoms. The van der Waals surface area contributed by atoms with E-state index in [1.165, 1.54) is 30.0 Å². The molecule has 1 heterocycles. The summed E-state index contributed by atoms with van der Waals surface area (Å²) in [6, 6.07) is 5.35. The molecule has 0 aliphatic rings. The van der Waals surface area contributed by atoms with Crippen LogP contribution < -0.4 is 10.6 Å². The van der Waals surface area contributed by atoms with Gasteiger partial charge in [0.15, 0.2) is 4.34 Å². The topological polar surface area (TPSA) is 84.0 Å². The Bertz CT molecular complexity index is 700. The summed E-state index contributed by atoms with van der Waals surface area (Å²) in [6.07, 6.45) is 0. The predicted octanol–water partition coefficient (Wildman–Crippen LogP) is 2.84. The Hall–Kier alpha value is -1.93. The number of rotatable bonds is 5. The van der Waals surface area contributed by atoms with Crippen molar-refractivity contribution >= 4 is 46.3 Å². The van der Waals surface area contributed by atoms with Crippen LogP contribution in [0.2, 0.25) is 0 Å². The number of amides is 2. The molecule has 2 rings (SSSR count). The van der Waals surface area contributed by atoms with Crippen LogP contribution in [-0.4, -0.2) is 27.8 Å². The summed E-state index contributed by atoms with van der Waals surface area (Å²) in [4.78, 5) is 23.0. The van der Waals surface area contributed by atoms with Crippen LogP contribution in [-0.2, 0) is 9.59 Å². The van der Waals surface area contributed by atoms with Crippen LogP contribution in [0.15, 0.2) is 22.5 Å². The molecule has 0 saturated carbocycles. The average Bonchev–Trinajstić information content (AvgIpc) is 2.85. The lowest BCUT2D eigenvalue weighted by molar-refractivity contribution is -0.114. The molecule has 0 spiro atoms. The minimum absolute atomic E-state index is 0.107. The lowest BCUT2D eigenvalue weighted by Gasteiger charge is -2.09. The van der Waals surface area contributed by atoms with Gasteiger partial charge in [0.05, 0.1) is 5.75 Å². The van der Waals surface area contributed by atoms with Crippen molar-refractivity contribution in [2.24, 2.45) is 0 Å². The van der Waals surface area contributed by atoms with Crippen molar-refractivity contribution in [3.63, 3.8) is 0 Å². The van der Waals surface area contributed by atoms with Crippen molar-refractivity contribution in [3.8, 4) is 0 Å². The Kier molecular flexibility index (Phi) is 5.51. The second kappa shape index (κ2) is 7.37. The molecule has 116 valence electrons. The average molecular weight is 336 g/mol. The van der Waals surface area contributed by atoms with Crippen molar-refractivity contribution in [2.45, 2.75) is 25.1 Å². The van der Waals surface area contributed by atoms with Crippen LogP contribution in [0.4, 0.5) is 11.4 Å². The normalized spacial score (nSPS) is 10.3. The summed E-state index contributed by atoms with van der Waals surface area (Å²) in [6.45, 7) is 5.21. The Morgan fingerprint density at radius 1 is 1.23 bits per heavy atom. The number of aromatic nitrogens is 2. The summed E-state index contributed by atoms with van der Waals surface area (Å²) < 4.78 is 0.782. The third kappa shape index (κ3) is 4.81. The van der Waals surface area contributed by atoms with Crippen molar-refractivity contribution < 1.29 is 9.59 Å². The van der Waals surface area contributed by atoms with Gasteiger partial charge >= 0.3 is 0 Å². The molecule has 2 aromatic rings. The van der Waals surface area contributed by atoms with Gasteiger partial charge in [-0.05, 0) is 37.6 Å². The van der Waals surface area contributed by atoms with Gasteiger partial charge in [-0.2, -0.15) is 0 Å². The predicted molar refractivity (Wildman–Crippen MR) is 89.5 cm³/mol. The number of hydrogen-bond acceptors (Lipinski definition) is 6. The zero-order valence-electron chi connectivity index (χ0n) is 12.5. The fraction of sp³-hybridized carbons (Fsp3) is 0.286. The highest BCUT2D eigenvalue weighted by Crippen LogP contribution is 2.23. The van der Waals surface area contributed by atoms with E-state index < -0.39 is 0 Å². The van der Waals surface area contributed by atoms with Crippen molar-refractivity contribution in [1.82, 2.24) is 10.2 Å². The lowest BCUT2D eigenvalue weighted by atomic mass is 10.1. The van der Waals surface area contributed by atoms with Gasteiger partial charge in [0.1, 0.15) is 5.01 Å². The second-order valence-electron chi connectivity index (χ2n) is 4.63. The third-order valence-electron chi connectivity index (χ3n) is 2.66. The number of nitrogens with zero attached hydrogens (tertiary/aromatic N) is 2. The first-order valence-electron chi connectivity index (χ1n) is 6.55. The fourth-order valence-electron chi connectivity index (χ4n) is 1.73. The van der Waals surface area contributed by atoms with Crippen LogP contribution in [0.1, 0.15) is 17.5 Å². The highest BCUT2D eigenvalue weighted by Gasteiger charge is 2.08. The summed E-state index contributed by atoms with van der Waals surface area (Å²) in [5, 5.41) is 14.3. The number of benzene rings is 1. The standard InChI is InChI=1S/C14H16N4O2S2/c1-8-6-11(4-5-12(8)15-9(2)19)16-13(20)7-21-14-18-17-10(3)22-14/h4-6H,7H2,1-3H3,(H,15,19)(H,16,20). The van der Waals surface area contributed by atoms with E-state index in [2.05, 4.69) is 20.8 Å². The Labute approximate surface area is 136 Å². The van der Waals surface area contributed by atoms with E-state index in [0.29, 0.717) is 5.69 Å². The lowest BCUT2D eigenvalue weighted by Crippen LogP contribution is -2.14. The van der Waals surface area contributed by atoms with Crippen LogP contribution >= 0.6 is 23.1 Å². The molecule has 0 radical (unpaired) electrons. The zero-order chi connectivity index (χ0) is 16.1. The number of nitrogens with one attached hydrogen (secondary N) is 2. The molecule has 0 aliphatic heterocycles. The quantitative estimate of drug-likeness (QED) is 0.820. The third-order valence-corrected chi connectivity index (χ3v) is 4.63. The van der Waals surface area contributed by atoms with Gasteiger partial charge in [-0.1, -0.05) is 23.1 Å². The van der Waals surface area contributed by atoms with Gasteiger partial charge in [-0.3, -0.25) is 9.59 Å². The first kappa shape index (κ1) is 16.4. The van der Waals surface area contributed by atoms with E-state index in [0.717, 1.165) is 20.6 Å². The molecule has 2 N–H and O–H groups in total.